The van der Waals surface area contributed by atoms with E-state index in [1.165, 1.54) is 12.8 Å². The molecule has 2 aromatic rings. The van der Waals surface area contributed by atoms with Crippen LogP contribution in [0.15, 0.2) is 12.4 Å². The highest BCUT2D eigenvalue weighted by Gasteiger charge is 2.73. The molecule has 0 bridgehead atoms. The molecule has 4 aliphatic rings. The van der Waals surface area contributed by atoms with E-state index in [2.05, 4.69) is 20.2 Å². The summed E-state index contributed by atoms with van der Waals surface area (Å²) in [6.45, 7) is 4.74. The van der Waals surface area contributed by atoms with Gasteiger partial charge in [0.05, 0.1) is 23.5 Å². The zero-order chi connectivity index (χ0) is 21.5. The molecule has 1 aliphatic heterocycles. The highest BCUT2D eigenvalue weighted by Crippen LogP contribution is 2.66. The molecule has 0 radical (unpaired) electrons. The average molecular weight is 446 g/mol. The summed E-state index contributed by atoms with van der Waals surface area (Å²) in [5.41, 5.74) is 1.85. The maximum atomic E-state index is 13.1. The van der Waals surface area contributed by atoms with Crippen molar-refractivity contribution in [2.75, 3.05) is 18.9 Å². The number of pyridine rings is 1. The Balaban J connectivity index is 1.44. The van der Waals surface area contributed by atoms with Crippen molar-refractivity contribution in [2.45, 2.75) is 63.6 Å². The zero-order valence-electron chi connectivity index (χ0n) is 18.0. The molecule has 1 amide bonds. The number of ether oxygens (including phenoxy) is 2. The van der Waals surface area contributed by atoms with Crippen LogP contribution in [0, 0.1) is 17.3 Å². The molecule has 5 atom stereocenters. The summed E-state index contributed by atoms with van der Waals surface area (Å²) in [6.07, 6.45) is 5.55. The Bertz CT molecular complexity index is 1070. The van der Waals surface area contributed by atoms with Crippen LogP contribution in [0.25, 0.3) is 11.2 Å². The molecule has 6 rings (SSSR count). The molecule has 8 nitrogen and oxygen atoms in total. The van der Waals surface area contributed by atoms with Crippen molar-refractivity contribution in [2.24, 2.45) is 17.3 Å². The topological polar surface area (TPSA) is 90.3 Å². The van der Waals surface area contributed by atoms with E-state index < -0.39 is 11.2 Å². The fourth-order valence-electron chi connectivity index (χ4n) is 6.02. The van der Waals surface area contributed by atoms with Crippen molar-refractivity contribution in [3.8, 4) is 0 Å². The lowest BCUT2D eigenvalue weighted by Crippen LogP contribution is -2.56. The third-order valence-electron chi connectivity index (χ3n) is 7.66. The van der Waals surface area contributed by atoms with Gasteiger partial charge in [0.15, 0.2) is 11.4 Å². The zero-order valence-corrected chi connectivity index (χ0v) is 18.8. The number of halogens is 1. The number of anilines is 1. The van der Waals surface area contributed by atoms with E-state index in [9.17, 15) is 4.79 Å². The summed E-state index contributed by atoms with van der Waals surface area (Å²) in [5.74, 6) is 0.117. The van der Waals surface area contributed by atoms with Crippen molar-refractivity contribution in [3.05, 3.63) is 17.5 Å². The molecule has 2 N–H and O–H groups in total. The molecule has 2 aromatic heterocycles. The number of nitrogens with one attached hydrogen (secondary N) is 2. The highest BCUT2D eigenvalue weighted by atomic mass is 35.5. The van der Waals surface area contributed by atoms with Crippen molar-refractivity contribution < 1.29 is 14.3 Å². The van der Waals surface area contributed by atoms with Gasteiger partial charge in [-0.25, -0.2) is 9.97 Å². The summed E-state index contributed by atoms with van der Waals surface area (Å²) < 4.78 is 14.8. The maximum absolute atomic E-state index is 13.1. The summed E-state index contributed by atoms with van der Waals surface area (Å²) in [6, 6.07) is 1.75. The Morgan fingerprint density at radius 2 is 2.13 bits per heavy atom. The molecule has 1 unspecified atom stereocenters. The first-order chi connectivity index (χ1) is 14.8. The molecule has 1 saturated heterocycles. The van der Waals surface area contributed by atoms with Gasteiger partial charge in [-0.15, -0.1) is 0 Å². The van der Waals surface area contributed by atoms with E-state index in [0.717, 1.165) is 42.2 Å². The minimum absolute atomic E-state index is 0.0322. The first-order valence-corrected chi connectivity index (χ1v) is 11.6. The number of carbonyl (C=O) groups excluding carboxylic acids is 1. The predicted octanol–water partition coefficient (Wildman–Crippen LogP) is 3.12. The SMILES string of the molecule is CNC(=O)[C@@]12CC[C@@H]1C(n1cnc3c(NCC4CC4)cc(Cl)nc31)[C@@H]1OC(C)(C)O[C@@H]12. The van der Waals surface area contributed by atoms with Crippen molar-refractivity contribution >= 4 is 34.4 Å². The monoisotopic (exact) mass is 445 g/mol. The first-order valence-electron chi connectivity index (χ1n) is 11.2. The number of aromatic nitrogens is 3. The summed E-state index contributed by atoms with van der Waals surface area (Å²) in [7, 11) is 1.70. The predicted molar refractivity (Wildman–Crippen MR) is 116 cm³/mol. The number of imidazole rings is 1. The molecule has 9 heteroatoms. The molecule has 166 valence electrons. The number of nitrogens with zero attached hydrogens (tertiary/aromatic N) is 3. The van der Waals surface area contributed by atoms with E-state index in [1.54, 1.807) is 7.05 Å². The van der Waals surface area contributed by atoms with Crippen LogP contribution in [0.4, 0.5) is 5.69 Å². The largest absolute Gasteiger partial charge is 0.383 e. The van der Waals surface area contributed by atoms with E-state index in [-0.39, 0.29) is 30.1 Å². The lowest BCUT2D eigenvalue weighted by Gasteiger charge is -2.47. The number of amides is 1. The van der Waals surface area contributed by atoms with Crippen LogP contribution < -0.4 is 10.6 Å². The minimum atomic E-state index is -0.742. The molecule has 3 saturated carbocycles. The van der Waals surface area contributed by atoms with Gasteiger partial charge in [0, 0.05) is 19.7 Å². The molecule has 4 fully saturated rings. The standard InChI is InChI=1S/C22H28ClN5O3/c1-21(2)30-17-16(12-6-7-22(12,18(17)31-21)20(29)24-3)28-10-26-15-13(25-9-11-4-5-11)8-14(23)27-19(15)28/h8,10-12,16-18H,4-7,9H2,1-3H3,(H,24,29)(H,25,27)/t12-,16?,17+,18+,22+/m1/s1. The van der Waals surface area contributed by atoms with Crippen LogP contribution in [0.3, 0.4) is 0 Å². The fourth-order valence-corrected chi connectivity index (χ4v) is 6.21. The number of hydrogen-bond acceptors (Lipinski definition) is 6. The molecular formula is C22H28ClN5O3. The molecular weight excluding hydrogens is 418 g/mol. The van der Waals surface area contributed by atoms with E-state index in [1.807, 2.05) is 26.2 Å². The molecule has 0 spiro atoms. The fraction of sp³-hybridized carbons (Fsp3) is 0.682. The Hall–Kier alpha value is -1.90. The average Bonchev–Trinajstić information content (AvgIpc) is 3.32. The second kappa shape index (κ2) is 6.56. The van der Waals surface area contributed by atoms with Crippen LogP contribution in [0.2, 0.25) is 5.15 Å². The molecule has 0 aromatic carbocycles. The highest BCUT2D eigenvalue weighted by molar-refractivity contribution is 6.30. The maximum Gasteiger partial charge on any atom is 0.229 e. The molecule has 31 heavy (non-hydrogen) atoms. The van der Waals surface area contributed by atoms with Crippen LogP contribution in [-0.4, -0.2) is 52.0 Å². The second-order valence-corrected chi connectivity index (χ2v) is 10.3. The van der Waals surface area contributed by atoms with Gasteiger partial charge in [-0.2, -0.15) is 0 Å². The smallest absolute Gasteiger partial charge is 0.229 e. The lowest BCUT2D eigenvalue weighted by atomic mass is 9.59. The van der Waals surface area contributed by atoms with Crippen molar-refractivity contribution in [3.63, 3.8) is 0 Å². The van der Waals surface area contributed by atoms with E-state index >= 15 is 0 Å². The summed E-state index contributed by atoms with van der Waals surface area (Å²) in [5, 5.41) is 6.81. The minimum Gasteiger partial charge on any atom is -0.383 e. The van der Waals surface area contributed by atoms with Gasteiger partial charge in [0.2, 0.25) is 5.91 Å². The Morgan fingerprint density at radius 3 is 2.81 bits per heavy atom. The third-order valence-corrected chi connectivity index (χ3v) is 7.86. The normalized spacial score (nSPS) is 35.5. The Morgan fingerprint density at radius 1 is 1.32 bits per heavy atom. The van der Waals surface area contributed by atoms with Crippen LogP contribution in [0.1, 0.15) is 45.6 Å². The quantitative estimate of drug-likeness (QED) is 0.687. The molecule has 3 heterocycles. The Labute approximate surface area is 186 Å². The van der Waals surface area contributed by atoms with Crippen LogP contribution >= 0.6 is 11.6 Å². The summed E-state index contributed by atoms with van der Waals surface area (Å²) in [4.78, 5) is 22.4. The molecule has 3 aliphatic carbocycles. The van der Waals surface area contributed by atoms with Crippen molar-refractivity contribution in [1.29, 1.82) is 0 Å². The lowest BCUT2D eigenvalue weighted by molar-refractivity contribution is -0.194. The van der Waals surface area contributed by atoms with E-state index in [4.69, 9.17) is 26.1 Å². The van der Waals surface area contributed by atoms with E-state index in [0.29, 0.717) is 5.15 Å². The number of carbonyl (C=O) groups is 1. The third kappa shape index (κ3) is 2.77. The summed E-state index contributed by atoms with van der Waals surface area (Å²) >= 11 is 6.41. The second-order valence-electron chi connectivity index (χ2n) is 9.92. The first kappa shape index (κ1) is 19.8. The van der Waals surface area contributed by atoms with Gasteiger partial charge in [-0.05, 0) is 51.4 Å². The number of rotatable bonds is 5. The van der Waals surface area contributed by atoms with Gasteiger partial charge in [-0.1, -0.05) is 11.6 Å². The van der Waals surface area contributed by atoms with Gasteiger partial charge < -0.3 is 24.7 Å². The van der Waals surface area contributed by atoms with Crippen molar-refractivity contribution in [1.82, 2.24) is 19.9 Å². The van der Waals surface area contributed by atoms with Gasteiger partial charge in [0.1, 0.15) is 22.9 Å². The van der Waals surface area contributed by atoms with Gasteiger partial charge >= 0.3 is 0 Å². The van der Waals surface area contributed by atoms with Crippen LogP contribution in [-0.2, 0) is 14.3 Å². The van der Waals surface area contributed by atoms with Crippen LogP contribution in [0.5, 0.6) is 0 Å². The van der Waals surface area contributed by atoms with Gasteiger partial charge in [-0.3, -0.25) is 4.79 Å². The van der Waals surface area contributed by atoms with Gasteiger partial charge in [0.25, 0.3) is 0 Å². The number of fused-ring (bicyclic) bond motifs is 4. The number of hydrogen-bond donors (Lipinski definition) is 2. The Kier molecular flexibility index (Phi) is 4.18.